The monoisotopic (exact) mass is 614 g/mol. The number of carbonyl (C=O) groups excluding carboxylic acids is 1. The van der Waals surface area contributed by atoms with Crippen molar-refractivity contribution in [1.29, 1.82) is 0 Å². The van der Waals surface area contributed by atoms with Gasteiger partial charge in [0.05, 0.1) is 24.2 Å². The Bertz CT molecular complexity index is 1620. The number of fused-ring (bicyclic) bond motifs is 1. The molecule has 2 amide bonds. The summed E-state index contributed by atoms with van der Waals surface area (Å²) in [4.78, 5) is 18.1. The second-order valence-electron chi connectivity index (χ2n) is 11.4. The Hall–Kier alpha value is -3.76. The van der Waals surface area contributed by atoms with Crippen molar-refractivity contribution in [2.45, 2.75) is 37.4 Å². The molecule has 1 heterocycles. The summed E-state index contributed by atoms with van der Waals surface area (Å²) in [5.74, 6) is 0. The van der Waals surface area contributed by atoms with Gasteiger partial charge in [0.2, 0.25) is 10.0 Å². The molecule has 8 nitrogen and oxygen atoms in total. The van der Waals surface area contributed by atoms with Gasteiger partial charge in [-0.15, -0.1) is 0 Å². The quantitative estimate of drug-likeness (QED) is 0.223. The van der Waals surface area contributed by atoms with E-state index in [9.17, 15) is 13.2 Å². The summed E-state index contributed by atoms with van der Waals surface area (Å²) in [6, 6.07) is 30.4. The average molecular weight is 615 g/mol. The second-order valence-corrected chi connectivity index (χ2v) is 13.4. The Morgan fingerprint density at radius 2 is 1.52 bits per heavy atom. The molecule has 1 aliphatic rings. The van der Waals surface area contributed by atoms with Gasteiger partial charge in [-0.2, -0.15) is 4.31 Å². The molecule has 1 N–H and O–H groups in total. The Morgan fingerprint density at radius 3 is 2.27 bits per heavy atom. The lowest BCUT2D eigenvalue weighted by Gasteiger charge is -2.29. The molecule has 4 aromatic carbocycles. The van der Waals surface area contributed by atoms with Crippen LogP contribution in [0.1, 0.15) is 36.1 Å². The van der Waals surface area contributed by atoms with Crippen LogP contribution in [0, 0.1) is 0 Å². The van der Waals surface area contributed by atoms with E-state index >= 15 is 0 Å². The van der Waals surface area contributed by atoms with E-state index in [0.29, 0.717) is 13.1 Å². The Labute approximate surface area is 261 Å². The lowest BCUT2D eigenvalue weighted by Crippen LogP contribution is -2.43. The number of sulfonamides is 1. The van der Waals surface area contributed by atoms with Crippen LogP contribution in [0.25, 0.3) is 10.8 Å². The highest BCUT2D eigenvalue weighted by Gasteiger charge is 2.22. The number of carbonyl (C=O) groups is 1. The van der Waals surface area contributed by atoms with Crippen molar-refractivity contribution < 1.29 is 17.9 Å². The van der Waals surface area contributed by atoms with E-state index in [-0.39, 0.29) is 23.5 Å². The highest BCUT2D eigenvalue weighted by Crippen LogP contribution is 2.25. The maximum absolute atomic E-state index is 13.7. The minimum Gasteiger partial charge on any atom is -0.379 e. The number of benzene rings is 4. The fraction of sp³-hybridized carbons (Fsp3) is 0.343. The van der Waals surface area contributed by atoms with Crippen molar-refractivity contribution in [3.63, 3.8) is 0 Å². The van der Waals surface area contributed by atoms with Gasteiger partial charge in [-0.25, -0.2) is 13.2 Å². The second kappa shape index (κ2) is 14.8. The number of rotatable bonds is 12. The van der Waals surface area contributed by atoms with Crippen molar-refractivity contribution in [3.8, 4) is 0 Å². The number of hydrogen-bond donors (Lipinski definition) is 1. The fourth-order valence-corrected chi connectivity index (χ4v) is 6.80. The maximum atomic E-state index is 13.7. The average Bonchev–Trinajstić information content (AvgIpc) is 3.05. The van der Waals surface area contributed by atoms with Crippen LogP contribution in [-0.4, -0.2) is 75.0 Å². The topological polar surface area (TPSA) is 82.2 Å². The number of urea groups is 1. The van der Waals surface area contributed by atoms with Gasteiger partial charge in [0.15, 0.2) is 0 Å². The van der Waals surface area contributed by atoms with Gasteiger partial charge >= 0.3 is 6.03 Å². The summed E-state index contributed by atoms with van der Waals surface area (Å²) in [6.45, 7) is 7.41. The molecule has 1 atom stereocenters. The van der Waals surface area contributed by atoms with Crippen LogP contribution < -0.4 is 5.32 Å². The molecular formula is C35H42N4O4S. The smallest absolute Gasteiger partial charge is 0.318 e. The summed E-state index contributed by atoms with van der Waals surface area (Å²) in [7, 11) is -2.07. The van der Waals surface area contributed by atoms with Gasteiger partial charge in [-0.05, 0) is 52.9 Å². The highest BCUT2D eigenvalue weighted by molar-refractivity contribution is 7.89. The summed E-state index contributed by atoms with van der Waals surface area (Å²) in [5, 5.41) is 5.48. The van der Waals surface area contributed by atoms with E-state index in [1.54, 1.807) is 31.3 Å². The van der Waals surface area contributed by atoms with Crippen molar-refractivity contribution in [2.24, 2.45) is 0 Å². The van der Waals surface area contributed by atoms with E-state index in [1.165, 1.54) is 4.31 Å². The van der Waals surface area contributed by atoms with Gasteiger partial charge in [0.1, 0.15) is 0 Å². The van der Waals surface area contributed by atoms with Crippen LogP contribution in [0.4, 0.5) is 4.79 Å². The Balaban J connectivity index is 1.28. The molecule has 0 bridgehead atoms. The number of morpholine rings is 1. The predicted molar refractivity (Wildman–Crippen MR) is 175 cm³/mol. The van der Waals surface area contributed by atoms with E-state index in [2.05, 4.69) is 34.5 Å². The Kier molecular flexibility index (Phi) is 10.7. The van der Waals surface area contributed by atoms with Crippen LogP contribution in [0.2, 0.25) is 0 Å². The third kappa shape index (κ3) is 8.04. The molecule has 1 fully saturated rings. The van der Waals surface area contributed by atoms with Gasteiger partial charge in [0.25, 0.3) is 0 Å². The highest BCUT2D eigenvalue weighted by atomic mass is 32.2. The summed E-state index contributed by atoms with van der Waals surface area (Å²) in [6.07, 6.45) is 0.826. The zero-order valence-electron chi connectivity index (χ0n) is 25.6. The van der Waals surface area contributed by atoms with Gasteiger partial charge in [-0.1, -0.05) is 84.9 Å². The van der Waals surface area contributed by atoms with E-state index in [1.807, 2.05) is 60.4 Å². The predicted octanol–water partition coefficient (Wildman–Crippen LogP) is 5.66. The van der Waals surface area contributed by atoms with Gasteiger partial charge < -0.3 is 15.0 Å². The molecule has 4 aromatic rings. The minimum atomic E-state index is -3.67. The molecule has 44 heavy (non-hydrogen) atoms. The number of hydrogen-bond acceptors (Lipinski definition) is 5. The SMILES string of the molecule is CC(NC(=O)N(CCCN1CCOCC1)Cc1ccc(S(=O)(=O)N(C)Cc2ccccc2)cc1)c1cccc2ccccc12. The van der Waals surface area contributed by atoms with Crippen molar-refractivity contribution >= 4 is 26.8 Å². The van der Waals surface area contributed by atoms with Crippen LogP contribution in [0.15, 0.2) is 102 Å². The molecule has 232 valence electrons. The first-order valence-corrected chi connectivity index (χ1v) is 16.7. The van der Waals surface area contributed by atoms with Crippen molar-refractivity contribution in [2.75, 3.05) is 46.4 Å². The van der Waals surface area contributed by atoms with Crippen LogP contribution in [0.5, 0.6) is 0 Å². The first-order valence-electron chi connectivity index (χ1n) is 15.2. The Morgan fingerprint density at radius 1 is 0.864 bits per heavy atom. The molecule has 9 heteroatoms. The number of nitrogens with zero attached hydrogens (tertiary/aromatic N) is 3. The zero-order valence-corrected chi connectivity index (χ0v) is 26.4. The standard InChI is InChI=1S/C35H42N4O4S/c1-28(33-15-8-13-31-12-6-7-14-34(31)33)36-35(40)39(21-9-20-38-22-24-43-25-23-38)27-30-16-18-32(19-17-30)44(41,42)37(2)26-29-10-4-3-5-11-29/h3-8,10-19,28H,9,20-27H2,1-2H3,(H,36,40). The van der Waals surface area contributed by atoms with Crippen LogP contribution >= 0.6 is 0 Å². The third-order valence-electron chi connectivity index (χ3n) is 8.18. The lowest BCUT2D eigenvalue weighted by atomic mass is 10.00. The number of amides is 2. The van der Waals surface area contributed by atoms with Crippen LogP contribution in [0.3, 0.4) is 0 Å². The minimum absolute atomic E-state index is 0.147. The van der Waals surface area contributed by atoms with E-state index in [0.717, 1.165) is 66.7 Å². The van der Waals surface area contributed by atoms with E-state index in [4.69, 9.17) is 4.74 Å². The summed E-state index contributed by atoms with van der Waals surface area (Å²) >= 11 is 0. The largest absolute Gasteiger partial charge is 0.379 e. The fourth-order valence-electron chi connectivity index (χ4n) is 5.64. The molecule has 0 saturated carbocycles. The van der Waals surface area contributed by atoms with Crippen molar-refractivity contribution in [1.82, 2.24) is 19.4 Å². The molecule has 1 saturated heterocycles. The molecule has 5 rings (SSSR count). The number of nitrogens with one attached hydrogen (secondary N) is 1. The molecule has 0 radical (unpaired) electrons. The zero-order chi connectivity index (χ0) is 30.9. The molecule has 0 aromatic heterocycles. The molecule has 0 spiro atoms. The molecule has 1 aliphatic heterocycles. The first kappa shape index (κ1) is 31.7. The number of ether oxygens (including phenoxy) is 1. The molecule has 1 unspecified atom stereocenters. The molecule has 0 aliphatic carbocycles. The summed E-state index contributed by atoms with van der Waals surface area (Å²) in [5.41, 5.74) is 2.86. The third-order valence-corrected chi connectivity index (χ3v) is 9.99. The maximum Gasteiger partial charge on any atom is 0.318 e. The van der Waals surface area contributed by atoms with Gasteiger partial charge in [0, 0.05) is 46.3 Å². The van der Waals surface area contributed by atoms with E-state index < -0.39 is 10.0 Å². The van der Waals surface area contributed by atoms with Crippen molar-refractivity contribution in [3.05, 3.63) is 114 Å². The van der Waals surface area contributed by atoms with Gasteiger partial charge in [-0.3, -0.25) is 4.90 Å². The summed E-state index contributed by atoms with van der Waals surface area (Å²) < 4.78 is 33.3. The molecular weight excluding hydrogens is 572 g/mol. The lowest BCUT2D eigenvalue weighted by molar-refractivity contribution is 0.0364. The van der Waals surface area contributed by atoms with Crippen LogP contribution in [-0.2, 0) is 27.8 Å². The normalized spacial score (nSPS) is 14.9. The first-order chi connectivity index (χ1) is 21.3.